The monoisotopic (exact) mass is 385 g/mol. The van der Waals surface area contributed by atoms with Crippen molar-refractivity contribution in [2.75, 3.05) is 53.0 Å². The fraction of sp³-hybridized carbons (Fsp3) is 0.696. The zero-order chi connectivity index (χ0) is 20.0. The van der Waals surface area contributed by atoms with Gasteiger partial charge in [-0.05, 0) is 62.9 Å². The van der Waals surface area contributed by atoms with E-state index >= 15 is 0 Å². The van der Waals surface area contributed by atoms with Gasteiger partial charge in [-0.1, -0.05) is 13.8 Å². The third kappa shape index (κ3) is 5.86. The molecule has 1 aromatic rings. The summed E-state index contributed by atoms with van der Waals surface area (Å²) in [7, 11) is 1.62. The summed E-state index contributed by atoms with van der Waals surface area (Å²) in [5, 5.41) is 9.04. The molecule has 0 N–H and O–H groups in total. The number of nitriles is 1. The van der Waals surface area contributed by atoms with Gasteiger partial charge in [0.05, 0.1) is 25.3 Å². The highest BCUT2D eigenvalue weighted by Crippen LogP contribution is 2.30. The smallest absolute Gasteiger partial charge is 0.162 e. The Labute approximate surface area is 170 Å². The van der Waals surface area contributed by atoms with Crippen LogP contribution in [-0.2, 0) is 0 Å². The van der Waals surface area contributed by atoms with Crippen molar-refractivity contribution < 1.29 is 9.47 Å². The topological polar surface area (TPSA) is 48.7 Å². The molecule has 0 bridgehead atoms. The third-order valence-electron chi connectivity index (χ3n) is 5.87. The van der Waals surface area contributed by atoms with Crippen LogP contribution < -0.4 is 9.47 Å². The zero-order valence-electron chi connectivity index (χ0n) is 17.7. The molecule has 1 atom stereocenters. The molecule has 5 nitrogen and oxygen atoms in total. The Morgan fingerprint density at radius 1 is 1.07 bits per heavy atom. The van der Waals surface area contributed by atoms with Crippen molar-refractivity contribution in [1.82, 2.24) is 9.80 Å². The lowest BCUT2D eigenvalue weighted by Gasteiger charge is -2.39. The molecule has 0 aromatic heterocycles. The second kappa shape index (κ2) is 9.62. The van der Waals surface area contributed by atoms with Gasteiger partial charge in [-0.2, -0.15) is 5.26 Å². The summed E-state index contributed by atoms with van der Waals surface area (Å²) >= 11 is 0. The first kappa shape index (κ1) is 21.0. The standard InChI is InChI=1S/C23H35N3O2/c1-23(2,17-25-10-4-5-11-25)18-26-12-6-7-20(15-26)16-28-21-9-8-19(14-24)13-22(21)27-3/h8-9,13,20H,4-7,10-12,15-18H2,1-3H3. The molecule has 28 heavy (non-hydrogen) atoms. The van der Waals surface area contributed by atoms with E-state index < -0.39 is 0 Å². The minimum Gasteiger partial charge on any atom is -0.493 e. The van der Waals surface area contributed by atoms with Crippen LogP contribution in [0.2, 0.25) is 0 Å². The fourth-order valence-electron chi connectivity index (χ4n) is 4.70. The Kier molecular flexibility index (Phi) is 7.20. The van der Waals surface area contributed by atoms with E-state index in [0.29, 0.717) is 29.3 Å². The van der Waals surface area contributed by atoms with E-state index in [4.69, 9.17) is 14.7 Å². The van der Waals surface area contributed by atoms with Crippen LogP contribution in [0.3, 0.4) is 0 Å². The number of benzene rings is 1. The molecule has 2 aliphatic rings. The predicted molar refractivity (Wildman–Crippen MR) is 112 cm³/mol. The number of nitrogens with zero attached hydrogens (tertiary/aromatic N) is 3. The zero-order valence-corrected chi connectivity index (χ0v) is 17.7. The molecule has 0 spiro atoms. The summed E-state index contributed by atoms with van der Waals surface area (Å²) in [6.45, 7) is 12.7. The largest absolute Gasteiger partial charge is 0.493 e. The average molecular weight is 386 g/mol. The molecule has 2 heterocycles. The minimum absolute atomic E-state index is 0.323. The predicted octanol–water partition coefficient (Wildman–Crippen LogP) is 3.78. The van der Waals surface area contributed by atoms with E-state index in [2.05, 4.69) is 29.7 Å². The van der Waals surface area contributed by atoms with E-state index in [9.17, 15) is 0 Å². The van der Waals surface area contributed by atoms with Gasteiger partial charge < -0.3 is 19.3 Å². The van der Waals surface area contributed by atoms with Crippen LogP contribution in [0, 0.1) is 22.7 Å². The highest BCUT2D eigenvalue weighted by atomic mass is 16.5. The maximum absolute atomic E-state index is 9.04. The van der Waals surface area contributed by atoms with Crippen molar-refractivity contribution in [2.24, 2.45) is 11.3 Å². The van der Waals surface area contributed by atoms with Crippen LogP contribution in [0.15, 0.2) is 18.2 Å². The maximum Gasteiger partial charge on any atom is 0.162 e. The number of piperidine rings is 1. The maximum atomic E-state index is 9.04. The number of hydrogen-bond acceptors (Lipinski definition) is 5. The van der Waals surface area contributed by atoms with Crippen LogP contribution in [0.5, 0.6) is 11.5 Å². The summed E-state index contributed by atoms with van der Waals surface area (Å²) in [5.41, 5.74) is 0.914. The number of methoxy groups -OCH3 is 1. The van der Waals surface area contributed by atoms with Crippen molar-refractivity contribution in [3.8, 4) is 17.6 Å². The second-order valence-corrected chi connectivity index (χ2v) is 9.18. The summed E-state index contributed by atoms with van der Waals surface area (Å²) in [5.74, 6) is 1.91. The SMILES string of the molecule is COc1cc(C#N)ccc1OCC1CCCN(CC(C)(C)CN2CCCC2)C1. The van der Waals surface area contributed by atoms with E-state index in [1.165, 1.54) is 51.9 Å². The average Bonchev–Trinajstić information content (AvgIpc) is 3.18. The van der Waals surface area contributed by atoms with Gasteiger partial charge >= 0.3 is 0 Å². The molecule has 2 aliphatic heterocycles. The van der Waals surface area contributed by atoms with Crippen LogP contribution in [0.1, 0.15) is 45.1 Å². The van der Waals surface area contributed by atoms with Crippen LogP contribution in [0.25, 0.3) is 0 Å². The van der Waals surface area contributed by atoms with Gasteiger partial charge in [0.1, 0.15) is 0 Å². The van der Waals surface area contributed by atoms with Gasteiger partial charge in [-0.25, -0.2) is 0 Å². The second-order valence-electron chi connectivity index (χ2n) is 9.18. The van der Waals surface area contributed by atoms with Gasteiger partial charge in [-0.3, -0.25) is 0 Å². The Bertz CT molecular complexity index is 677. The van der Waals surface area contributed by atoms with Crippen molar-refractivity contribution in [2.45, 2.75) is 39.5 Å². The van der Waals surface area contributed by atoms with Gasteiger partial charge in [0.15, 0.2) is 11.5 Å². The molecule has 0 aliphatic carbocycles. The molecular formula is C23H35N3O2. The summed E-state index contributed by atoms with van der Waals surface area (Å²) in [4.78, 5) is 5.26. The Morgan fingerprint density at radius 2 is 1.79 bits per heavy atom. The van der Waals surface area contributed by atoms with E-state index in [1.807, 2.05) is 6.07 Å². The molecule has 2 fully saturated rings. The summed E-state index contributed by atoms with van der Waals surface area (Å²) < 4.78 is 11.5. The number of rotatable bonds is 8. The summed E-state index contributed by atoms with van der Waals surface area (Å²) in [6.07, 6.45) is 5.16. The number of hydrogen-bond donors (Lipinski definition) is 0. The Morgan fingerprint density at radius 3 is 2.50 bits per heavy atom. The highest BCUT2D eigenvalue weighted by molar-refractivity contribution is 5.46. The number of likely N-dealkylation sites (tertiary alicyclic amines) is 2. The van der Waals surface area contributed by atoms with Crippen molar-refractivity contribution in [3.05, 3.63) is 23.8 Å². The first-order valence-corrected chi connectivity index (χ1v) is 10.6. The van der Waals surface area contributed by atoms with Crippen LogP contribution in [-0.4, -0.2) is 62.8 Å². The molecule has 0 radical (unpaired) electrons. The van der Waals surface area contributed by atoms with Crippen molar-refractivity contribution in [3.63, 3.8) is 0 Å². The fourth-order valence-corrected chi connectivity index (χ4v) is 4.70. The lowest BCUT2D eigenvalue weighted by molar-refractivity contribution is 0.0796. The lowest BCUT2D eigenvalue weighted by atomic mass is 9.89. The van der Waals surface area contributed by atoms with Crippen molar-refractivity contribution >= 4 is 0 Å². The van der Waals surface area contributed by atoms with Gasteiger partial charge in [0.2, 0.25) is 0 Å². The highest BCUT2D eigenvalue weighted by Gasteiger charge is 2.29. The summed E-state index contributed by atoms with van der Waals surface area (Å²) in [6, 6.07) is 7.51. The molecule has 0 saturated carbocycles. The Hall–Kier alpha value is -1.77. The normalized spacial score (nSPS) is 21.4. The van der Waals surface area contributed by atoms with E-state index in [0.717, 1.165) is 18.8 Å². The molecule has 1 unspecified atom stereocenters. The molecule has 1 aromatic carbocycles. The van der Waals surface area contributed by atoms with Crippen molar-refractivity contribution in [1.29, 1.82) is 5.26 Å². The molecular weight excluding hydrogens is 350 g/mol. The minimum atomic E-state index is 0.323. The van der Waals surface area contributed by atoms with Crippen LogP contribution >= 0.6 is 0 Å². The number of ether oxygens (including phenoxy) is 2. The molecule has 0 amide bonds. The van der Waals surface area contributed by atoms with E-state index in [-0.39, 0.29) is 0 Å². The third-order valence-corrected chi connectivity index (χ3v) is 5.87. The molecule has 2 saturated heterocycles. The Balaban J connectivity index is 1.50. The van der Waals surface area contributed by atoms with Gasteiger partial charge in [0, 0.05) is 31.6 Å². The quantitative estimate of drug-likeness (QED) is 0.682. The van der Waals surface area contributed by atoms with Crippen LogP contribution in [0.4, 0.5) is 0 Å². The van der Waals surface area contributed by atoms with Gasteiger partial charge in [-0.15, -0.1) is 0 Å². The molecule has 5 heteroatoms. The van der Waals surface area contributed by atoms with Gasteiger partial charge in [0.25, 0.3) is 0 Å². The lowest BCUT2D eigenvalue weighted by Crippen LogP contribution is -2.46. The first-order chi connectivity index (χ1) is 13.5. The van der Waals surface area contributed by atoms with E-state index in [1.54, 1.807) is 19.2 Å². The molecule has 3 rings (SSSR count). The first-order valence-electron chi connectivity index (χ1n) is 10.6. The molecule has 154 valence electrons.